The number of aliphatic imine (C=N–C) groups is 1. The molecular formula is C12H21N7O2. The summed E-state index contributed by atoms with van der Waals surface area (Å²) < 4.78 is 0. The van der Waals surface area contributed by atoms with Gasteiger partial charge in [-0.2, -0.15) is 0 Å². The average molecular weight is 295 g/mol. The Morgan fingerprint density at radius 2 is 2.05 bits per heavy atom. The van der Waals surface area contributed by atoms with E-state index in [2.05, 4.69) is 10.3 Å². The molecule has 0 aromatic heterocycles. The van der Waals surface area contributed by atoms with Gasteiger partial charge in [-0.25, -0.2) is 15.1 Å². The third kappa shape index (κ3) is 6.85. The lowest BCUT2D eigenvalue weighted by atomic mass is 10.2. The maximum absolute atomic E-state index is 10.1. The van der Waals surface area contributed by atoms with Gasteiger partial charge in [0.05, 0.1) is 11.4 Å². The number of hydrazine groups is 1. The lowest BCUT2D eigenvalue weighted by Gasteiger charge is -2.09. The van der Waals surface area contributed by atoms with E-state index in [0.717, 1.165) is 31.5 Å². The van der Waals surface area contributed by atoms with Crippen LogP contribution in [0.2, 0.25) is 0 Å². The summed E-state index contributed by atoms with van der Waals surface area (Å²) in [7, 11) is 0. The van der Waals surface area contributed by atoms with Crippen LogP contribution in [0, 0.1) is 10.1 Å². The normalized spacial score (nSPS) is 11.1. The molecule has 9 heteroatoms. The molecule has 0 saturated carbocycles. The highest BCUT2D eigenvalue weighted by Crippen LogP contribution is 2.20. The Morgan fingerprint density at radius 1 is 1.29 bits per heavy atom. The number of unbranched alkanes of at least 4 members (excludes halogenated alkanes) is 2. The number of nitrogens with one attached hydrogen (secondary N) is 2. The van der Waals surface area contributed by atoms with Crippen molar-refractivity contribution in [2.24, 2.45) is 10.7 Å². The first-order valence-corrected chi connectivity index (χ1v) is 6.59. The molecule has 0 fully saturated rings. The molecule has 0 aliphatic rings. The van der Waals surface area contributed by atoms with Gasteiger partial charge in [-0.15, -0.1) is 0 Å². The van der Waals surface area contributed by atoms with E-state index in [4.69, 9.17) is 17.2 Å². The predicted molar refractivity (Wildman–Crippen MR) is 84.2 cm³/mol. The molecule has 0 atom stereocenters. The Kier molecular flexibility index (Phi) is 6.58. The van der Waals surface area contributed by atoms with Crippen molar-refractivity contribution >= 4 is 23.0 Å². The van der Waals surface area contributed by atoms with Crippen molar-refractivity contribution in [3.05, 3.63) is 28.3 Å². The monoisotopic (exact) mass is 295 g/mol. The molecule has 21 heavy (non-hydrogen) atoms. The van der Waals surface area contributed by atoms with Gasteiger partial charge >= 0.3 is 0 Å². The molecule has 1 aromatic rings. The minimum Gasteiger partial charge on any atom is -0.399 e. The second-order valence-corrected chi connectivity index (χ2v) is 4.47. The minimum absolute atomic E-state index is 0.173. The second kappa shape index (κ2) is 8.46. The number of guanidine groups is 1. The van der Waals surface area contributed by atoms with Crippen LogP contribution in [0.15, 0.2) is 23.2 Å². The van der Waals surface area contributed by atoms with Crippen LogP contribution in [0.4, 0.5) is 17.1 Å². The van der Waals surface area contributed by atoms with Crippen LogP contribution in [0.5, 0.6) is 0 Å². The molecular weight excluding hydrogens is 274 g/mol. The highest BCUT2D eigenvalue weighted by atomic mass is 16.7. The largest absolute Gasteiger partial charge is 0.399 e. The maximum Gasteiger partial charge on any atom is 0.251 e. The summed E-state index contributed by atoms with van der Waals surface area (Å²) in [5.41, 5.74) is 20.6. The number of nitrogens with zero attached hydrogens (tertiary/aromatic N) is 2. The van der Waals surface area contributed by atoms with E-state index >= 15 is 0 Å². The molecule has 0 aliphatic heterocycles. The summed E-state index contributed by atoms with van der Waals surface area (Å²) in [4.78, 5) is 13.9. The van der Waals surface area contributed by atoms with Crippen molar-refractivity contribution in [3.8, 4) is 0 Å². The van der Waals surface area contributed by atoms with Crippen molar-refractivity contribution in [3.63, 3.8) is 0 Å². The highest BCUT2D eigenvalue weighted by molar-refractivity contribution is 5.76. The van der Waals surface area contributed by atoms with Crippen LogP contribution in [-0.2, 0) is 0 Å². The number of nitro groups is 1. The number of anilines is 3. The Balaban J connectivity index is 2.13. The molecule has 0 spiro atoms. The first-order chi connectivity index (χ1) is 9.99. The third-order valence-electron chi connectivity index (χ3n) is 2.71. The van der Waals surface area contributed by atoms with E-state index in [1.807, 2.05) is 6.07 Å². The van der Waals surface area contributed by atoms with Gasteiger partial charge in [0.2, 0.25) is 0 Å². The topological polar surface area (TPSA) is 158 Å². The van der Waals surface area contributed by atoms with Crippen molar-refractivity contribution in [2.75, 3.05) is 29.9 Å². The molecule has 0 amide bonds. The molecule has 0 radical (unpaired) electrons. The molecule has 8 N–H and O–H groups in total. The third-order valence-corrected chi connectivity index (χ3v) is 2.71. The average Bonchev–Trinajstić information content (AvgIpc) is 2.39. The smallest absolute Gasteiger partial charge is 0.251 e. The van der Waals surface area contributed by atoms with Crippen molar-refractivity contribution in [1.29, 1.82) is 0 Å². The van der Waals surface area contributed by atoms with Gasteiger partial charge in [0.15, 0.2) is 5.03 Å². The zero-order valence-corrected chi connectivity index (χ0v) is 11.7. The lowest BCUT2D eigenvalue weighted by Crippen LogP contribution is -2.36. The first-order valence-electron chi connectivity index (χ1n) is 6.59. The molecule has 9 nitrogen and oxygen atoms in total. The second-order valence-electron chi connectivity index (χ2n) is 4.47. The van der Waals surface area contributed by atoms with Crippen LogP contribution in [0.1, 0.15) is 19.3 Å². The molecule has 0 unspecified atom stereocenters. The summed E-state index contributed by atoms with van der Waals surface area (Å²) in [5.74, 6) is -0.173. The Morgan fingerprint density at radius 3 is 2.71 bits per heavy atom. The van der Waals surface area contributed by atoms with Gasteiger partial charge < -0.3 is 22.5 Å². The summed E-state index contributed by atoms with van der Waals surface area (Å²) in [6, 6.07) is 5.35. The van der Waals surface area contributed by atoms with E-state index in [-0.39, 0.29) is 5.96 Å². The quantitative estimate of drug-likeness (QED) is 0.117. The van der Waals surface area contributed by atoms with E-state index in [1.54, 1.807) is 17.6 Å². The summed E-state index contributed by atoms with van der Waals surface area (Å²) in [6.07, 6.45) is 2.66. The molecule has 0 aliphatic carbocycles. The maximum atomic E-state index is 10.1. The van der Waals surface area contributed by atoms with E-state index in [1.165, 1.54) is 0 Å². The number of nitrogen functional groups attached to an aromatic ring is 2. The zero-order chi connectivity index (χ0) is 15.7. The lowest BCUT2D eigenvalue weighted by molar-refractivity contribution is -0.525. The van der Waals surface area contributed by atoms with Gasteiger partial charge in [0.25, 0.3) is 5.96 Å². The van der Waals surface area contributed by atoms with Crippen molar-refractivity contribution in [2.45, 2.75) is 19.3 Å². The number of hydrogen-bond acceptors (Lipinski definition) is 6. The Labute approximate surface area is 122 Å². The fourth-order valence-electron chi connectivity index (χ4n) is 1.71. The molecule has 0 saturated heterocycles. The van der Waals surface area contributed by atoms with Gasteiger partial charge in [-0.1, -0.05) is 5.43 Å². The van der Waals surface area contributed by atoms with E-state index in [9.17, 15) is 10.1 Å². The number of benzene rings is 1. The van der Waals surface area contributed by atoms with Crippen LogP contribution < -0.4 is 27.9 Å². The number of nitrogens with two attached hydrogens (primary N) is 3. The fraction of sp³-hybridized carbons (Fsp3) is 0.417. The zero-order valence-electron chi connectivity index (χ0n) is 11.7. The van der Waals surface area contributed by atoms with Gasteiger partial charge in [-0.05, 0) is 37.5 Å². The van der Waals surface area contributed by atoms with Gasteiger partial charge in [0.1, 0.15) is 0 Å². The molecule has 0 bridgehead atoms. The highest BCUT2D eigenvalue weighted by Gasteiger charge is 1.99. The van der Waals surface area contributed by atoms with Gasteiger partial charge in [-0.3, -0.25) is 0 Å². The van der Waals surface area contributed by atoms with Gasteiger partial charge in [0, 0.05) is 18.8 Å². The SMILES string of the molecule is NC(=NCCCCCNc1ccc(N)cc1N)N[N+](=O)[O-]. The number of rotatable bonds is 8. The molecule has 1 rings (SSSR count). The Bertz CT molecular complexity index is 504. The van der Waals surface area contributed by atoms with Crippen molar-refractivity contribution in [1.82, 2.24) is 5.43 Å². The molecule has 116 valence electrons. The summed E-state index contributed by atoms with van der Waals surface area (Å²) in [6.45, 7) is 1.23. The summed E-state index contributed by atoms with van der Waals surface area (Å²) in [5, 5.41) is 12.6. The Hall–Kier alpha value is -2.71. The first kappa shape index (κ1) is 16.3. The summed E-state index contributed by atoms with van der Waals surface area (Å²) >= 11 is 0. The van der Waals surface area contributed by atoms with Crippen LogP contribution in [-0.4, -0.2) is 24.1 Å². The van der Waals surface area contributed by atoms with E-state index in [0.29, 0.717) is 17.9 Å². The van der Waals surface area contributed by atoms with Crippen LogP contribution in [0.25, 0.3) is 0 Å². The minimum atomic E-state index is -0.736. The van der Waals surface area contributed by atoms with Crippen molar-refractivity contribution < 1.29 is 5.03 Å². The number of hydrogen-bond donors (Lipinski definition) is 5. The molecule has 0 heterocycles. The van der Waals surface area contributed by atoms with E-state index < -0.39 is 5.03 Å². The molecule has 1 aromatic carbocycles. The fourth-order valence-corrected chi connectivity index (χ4v) is 1.71. The van der Waals surface area contributed by atoms with Crippen LogP contribution in [0.3, 0.4) is 0 Å². The van der Waals surface area contributed by atoms with Crippen LogP contribution >= 0.6 is 0 Å². The standard InChI is InChI=1S/C12H21N7O2/c13-9-4-5-11(10(14)8-9)16-6-2-1-3-7-17-12(15)18-19(20)21/h4-5,8,16H,1-3,6-7,13-14H2,(H3,15,17,18). The predicted octanol–water partition coefficient (Wildman–Crippen LogP) is 0.529.